The minimum absolute atomic E-state index is 0.268. The monoisotopic (exact) mass is 250 g/mol. The van der Waals surface area contributed by atoms with Gasteiger partial charge in [0.2, 0.25) is 5.82 Å². The molecular formula is C11H14N4O3. The van der Waals surface area contributed by atoms with Crippen LogP contribution >= 0.6 is 0 Å². The second-order valence-corrected chi connectivity index (χ2v) is 4.56. The number of hydrogen-bond donors (Lipinski definition) is 1. The lowest BCUT2D eigenvalue weighted by atomic mass is 10.1. The average Bonchev–Trinajstić information content (AvgIpc) is 2.68. The smallest absolute Gasteiger partial charge is 0.390 e. The Bertz CT molecular complexity index is 568. The highest BCUT2D eigenvalue weighted by Crippen LogP contribution is 2.13. The van der Waals surface area contributed by atoms with E-state index in [1.807, 2.05) is 0 Å². The van der Waals surface area contributed by atoms with E-state index in [4.69, 9.17) is 0 Å². The Kier molecular flexibility index (Phi) is 3.24. The van der Waals surface area contributed by atoms with E-state index in [0.29, 0.717) is 18.8 Å². The van der Waals surface area contributed by atoms with Gasteiger partial charge in [0.05, 0.1) is 5.60 Å². The van der Waals surface area contributed by atoms with Crippen LogP contribution in [0.3, 0.4) is 0 Å². The highest BCUT2D eigenvalue weighted by molar-refractivity contribution is 5.41. The summed E-state index contributed by atoms with van der Waals surface area (Å²) in [5.74, 6) is 0.00523. The first-order valence-corrected chi connectivity index (χ1v) is 5.54. The van der Waals surface area contributed by atoms with Gasteiger partial charge in [0.15, 0.2) is 5.82 Å². The Morgan fingerprint density at radius 1 is 1.39 bits per heavy atom. The lowest BCUT2D eigenvalue weighted by Gasteiger charge is -2.16. The fraction of sp³-hybridized carbons (Fsp3) is 0.455. The summed E-state index contributed by atoms with van der Waals surface area (Å²) in [5, 5.41) is 13.3. The van der Waals surface area contributed by atoms with Crippen molar-refractivity contribution >= 4 is 0 Å². The number of rotatable bonds is 4. The zero-order chi connectivity index (χ0) is 13.2. The molecule has 0 fully saturated rings. The van der Waals surface area contributed by atoms with Crippen molar-refractivity contribution in [3.63, 3.8) is 0 Å². The van der Waals surface area contributed by atoms with Gasteiger partial charge in [-0.25, -0.2) is 14.8 Å². The van der Waals surface area contributed by atoms with Crippen molar-refractivity contribution in [3.05, 3.63) is 29.0 Å². The van der Waals surface area contributed by atoms with Crippen molar-refractivity contribution in [2.45, 2.75) is 32.4 Å². The standard InChI is InChI=1S/C11H14N4O3/c1-11(2,17)4-7-15-9(14-18-10(15)16)8-12-5-3-6-13-8/h3,5-6,17H,4,7H2,1-2H3. The van der Waals surface area contributed by atoms with E-state index in [1.165, 1.54) is 4.57 Å². The SMILES string of the molecule is CC(C)(O)CCn1c(-c2ncccn2)noc1=O. The van der Waals surface area contributed by atoms with Crippen LogP contribution in [0.4, 0.5) is 0 Å². The Hall–Kier alpha value is -2.02. The van der Waals surface area contributed by atoms with E-state index in [-0.39, 0.29) is 5.82 Å². The molecule has 0 aromatic carbocycles. The molecule has 7 heteroatoms. The maximum atomic E-state index is 11.5. The summed E-state index contributed by atoms with van der Waals surface area (Å²) < 4.78 is 5.92. The highest BCUT2D eigenvalue weighted by atomic mass is 16.5. The van der Waals surface area contributed by atoms with Crippen molar-refractivity contribution in [1.29, 1.82) is 0 Å². The molecule has 0 amide bonds. The van der Waals surface area contributed by atoms with E-state index in [1.54, 1.807) is 32.3 Å². The highest BCUT2D eigenvalue weighted by Gasteiger charge is 2.18. The quantitative estimate of drug-likeness (QED) is 0.846. The van der Waals surface area contributed by atoms with Crippen LogP contribution in [0.5, 0.6) is 0 Å². The molecule has 2 aromatic heterocycles. The fourth-order valence-electron chi connectivity index (χ4n) is 1.43. The van der Waals surface area contributed by atoms with Gasteiger partial charge in [-0.1, -0.05) is 5.16 Å². The molecule has 0 radical (unpaired) electrons. The van der Waals surface area contributed by atoms with Gasteiger partial charge in [-0.15, -0.1) is 0 Å². The predicted octanol–water partition coefficient (Wildman–Crippen LogP) is 0.454. The summed E-state index contributed by atoms with van der Waals surface area (Å²) in [6.45, 7) is 3.63. The predicted molar refractivity (Wildman–Crippen MR) is 62.7 cm³/mol. The van der Waals surface area contributed by atoms with Crippen molar-refractivity contribution in [1.82, 2.24) is 19.7 Å². The molecule has 0 aliphatic carbocycles. The van der Waals surface area contributed by atoms with Crippen LogP contribution in [0, 0.1) is 0 Å². The summed E-state index contributed by atoms with van der Waals surface area (Å²) in [7, 11) is 0. The number of aliphatic hydroxyl groups is 1. The second kappa shape index (κ2) is 4.69. The van der Waals surface area contributed by atoms with Crippen molar-refractivity contribution < 1.29 is 9.63 Å². The minimum atomic E-state index is -0.870. The van der Waals surface area contributed by atoms with E-state index >= 15 is 0 Å². The fourth-order valence-corrected chi connectivity index (χ4v) is 1.43. The van der Waals surface area contributed by atoms with E-state index in [0.717, 1.165) is 0 Å². The van der Waals surface area contributed by atoms with Gasteiger partial charge in [0.25, 0.3) is 0 Å². The second-order valence-electron chi connectivity index (χ2n) is 4.56. The van der Waals surface area contributed by atoms with Crippen LogP contribution in [0.25, 0.3) is 11.6 Å². The van der Waals surface area contributed by atoms with Gasteiger partial charge >= 0.3 is 5.76 Å². The molecule has 0 spiro atoms. The largest absolute Gasteiger partial charge is 0.441 e. The molecule has 2 heterocycles. The van der Waals surface area contributed by atoms with Crippen LogP contribution in [0.1, 0.15) is 20.3 Å². The van der Waals surface area contributed by atoms with Gasteiger partial charge < -0.3 is 5.11 Å². The summed E-state index contributed by atoms with van der Waals surface area (Å²) in [6, 6.07) is 1.67. The summed E-state index contributed by atoms with van der Waals surface area (Å²) >= 11 is 0. The Balaban J connectivity index is 2.31. The van der Waals surface area contributed by atoms with Gasteiger partial charge in [-0.3, -0.25) is 9.09 Å². The molecule has 0 aliphatic rings. The lowest BCUT2D eigenvalue weighted by molar-refractivity contribution is 0.0657. The van der Waals surface area contributed by atoms with E-state index in [9.17, 15) is 9.90 Å². The number of nitrogens with zero attached hydrogens (tertiary/aromatic N) is 4. The van der Waals surface area contributed by atoms with Gasteiger partial charge in [0, 0.05) is 18.9 Å². The molecule has 18 heavy (non-hydrogen) atoms. The molecular weight excluding hydrogens is 236 g/mol. The normalized spacial score (nSPS) is 11.7. The minimum Gasteiger partial charge on any atom is -0.390 e. The topological polar surface area (TPSA) is 94.0 Å². The summed E-state index contributed by atoms with van der Waals surface area (Å²) in [4.78, 5) is 19.5. The molecule has 0 saturated carbocycles. The van der Waals surface area contributed by atoms with Crippen molar-refractivity contribution in [2.75, 3.05) is 0 Å². The molecule has 1 N–H and O–H groups in total. The average molecular weight is 250 g/mol. The molecule has 0 unspecified atom stereocenters. The third-order valence-electron chi connectivity index (χ3n) is 2.40. The molecule has 0 aliphatic heterocycles. The Morgan fingerprint density at radius 3 is 2.67 bits per heavy atom. The van der Waals surface area contributed by atoms with Gasteiger partial charge in [0.1, 0.15) is 0 Å². The molecule has 0 atom stereocenters. The zero-order valence-corrected chi connectivity index (χ0v) is 10.2. The maximum absolute atomic E-state index is 11.5. The van der Waals surface area contributed by atoms with E-state index < -0.39 is 11.4 Å². The van der Waals surface area contributed by atoms with Crippen LogP contribution in [-0.2, 0) is 6.54 Å². The number of hydrogen-bond acceptors (Lipinski definition) is 6. The Labute approximate surface area is 103 Å². The summed E-state index contributed by atoms with van der Waals surface area (Å²) in [5.41, 5.74) is -0.870. The first-order valence-electron chi connectivity index (χ1n) is 5.54. The Morgan fingerprint density at radius 2 is 2.06 bits per heavy atom. The molecule has 2 rings (SSSR count). The van der Waals surface area contributed by atoms with Crippen LogP contribution in [0.15, 0.2) is 27.8 Å². The van der Waals surface area contributed by atoms with E-state index in [2.05, 4.69) is 19.6 Å². The van der Waals surface area contributed by atoms with Crippen LogP contribution in [0.2, 0.25) is 0 Å². The molecule has 2 aromatic rings. The van der Waals surface area contributed by atoms with Crippen LogP contribution < -0.4 is 5.76 Å². The maximum Gasteiger partial charge on any atom is 0.441 e. The third kappa shape index (κ3) is 2.80. The molecule has 96 valence electrons. The first-order chi connectivity index (χ1) is 8.47. The summed E-state index contributed by atoms with van der Waals surface area (Å²) in [6.07, 6.45) is 3.51. The van der Waals surface area contributed by atoms with Gasteiger partial charge in [-0.05, 0) is 26.3 Å². The first kappa shape index (κ1) is 12.4. The van der Waals surface area contributed by atoms with Gasteiger partial charge in [-0.2, -0.15) is 0 Å². The molecule has 7 nitrogen and oxygen atoms in total. The third-order valence-corrected chi connectivity index (χ3v) is 2.40. The lowest BCUT2D eigenvalue weighted by Crippen LogP contribution is -2.25. The molecule has 0 bridgehead atoms. The van der Waals surface area contributed by atoms with Crippen LogP contribution in [-0.4, -0.2) is 30.4 Å². The van der Waals surface area contributed by atoms with Crippen molar-refractivity contribution in [3.8, 4) is 11.6 Å². The van der Waals surface area contributed by atoms with Crippen molar-refractivity contribution in [2.24, 2.45) is 0 Å². The zero-order valence-electron chi connectivity index (χ0n) is 10.2. The number of aromatic nitrogens is 4. The molecule has 0 saturated heterocycles.